The Morgan fingerprint density at radius 3 is 2.44 bits per heavy atom. The van der Waals surface area contributed by atoms with Crippen LogP contribution in [-0.2, 0) is 0 Å². The molecule has 0 radical (unpaired) electrons. The Hall–Kier alpha value is -2.79. The van der Waals surface area contributed by atoms with Crippen LogP contribution in [0, 0.1) is 6.92 Å². The molecule has 1 aromatic heterocycles. The summed E-state index contributed by atoms with van der Waals surface area (Å²) >= 11 is 1.69. The SMILES string of the molecule is CSc1ccc(Oc2ccnc(-c3ccc(C(N)=O)c(C)c3)c2)cc1. The lowest BCUT2D eigenvalue weighted by Crippen LogP contribution is -2.12. The van der Waals surface area contributed by atoms with E-state index in [2.05, 4.69) is 4.98 Å². The van der Waals surface area contributed by atoms with Crippen molar-refractivity contribution >= 4 is 17.7 Å². The molecule has 5 heteroatoms. The molecule has 0 spiro atoms. The Bertz CT molecular complexity index is 908. The number of thioether (sulfide) groups is 1. The average Bonchev–Trinajstić information content (AvgIpc) is 2.62. The zero-order valence-electron chi connectivity index (χ0n) is 14.0. The smallest absolute Gasteiger partial charge is 0.248 e. The first-order valence-corrected chi connectivity index (χ1v) is 8.98. The van der Waals surface area contributed by atoms with Gasteiger partial charge in [0.15, 0.2) is 0 Å². The van der Waals surface area contributed by atoms with Crippen LogP contribution in [0.25, 0.3) is 11.3 Å². The van der Waals surface area contributed by atoms with E-state index in [0.717, 1.165) is 22.6 Å². The van der Waals surface area contributed by atoms with E-state index in [-0.39, 0.29) is 0 Å². The van der Waals surface area contributed by atoms with Crippen LogP contribution in [0.1, 0.15) is 15.9 Å². The molecule has 25 heavy (non-hydrogen) atoms. The standard InChI is InChI=1S/C20H18N2O2S/c1-13-11-14(3-8-18(13)20(21)23)19-12-16(9-10-22-19)24-15-4-6-17(25-2)7-5-15/h3-12H,1-2H3,(H2,21,23). The highest BCUT2D eigenvalue weighted by molar-refractivity contribution is 7.98. The van der Waals surface area contributed by atoms with E-state index in [1.54, 1.807) is 24.0 Å². The molecule has 0 aliphatic carbocycles. The Morgan fingerprint density at radius 1 is 1.04 bits per heavy atom. The van der Waals surface area contributed by atoms with Gasteiger partial charge in [-0.3, -0.25) is 9.78 Å². The van der Waals surface area contributed by atoms with Gasteiger partial charge in [0.05, 0.1) is 5.69 Å². The molecule has 0 saturated heterocycles. The molecule has 3 aromatic rings. The van der Waals surface area contributed by atoms with E-state index in [9.17, 15) is 4.79 Å². The summed E-state index contributed by atoms with van der Waals surface area (Å²) in [6.07, 6.45) is 3.74. The Morgan fingerprint density at radius 2 is 1.80 bits per heavy atom. The summed E-state index contributed by atoms with van der Waals surface area (Å²) in [6, 6.07) is 17.1. The predicted molar refractivity (Wildman–Crippen MR) is 101 cm³/mol. The number of benzene rings is 2. The van der Waals surface area contributed by atoms with E-state index in [1.807, 2.05) is 61.7 Å². The maximum atomic E-state index is 11.4. The molecule has 2 N–H and O–H groups in total. The number of aromatic nitrogens is 1. The number of primary amides is 1. The third-order valence-electron chi connectivity index (χ3n) is 3.81. The Balaban J connectivity index is 1.86. The number of carbonyl (C=O) groups is 1. The number of amides is 1. The number of ether oxygens (including phenoxy) is 1. The fourth-order valence-corrected chi connectivity index (χ4v) is 2.92. The van der Waals surface area contributed by atoms with Crippen molar-refractivity contribution in [3.63, 3.8) is 0 Å². The van der Waals surface area contributed by atoms with Crippen LogP contribution in [0.2, 0.25) is 0 Å². The van der Waals surface area contributed by atoms with Gasteiger partial charge in [0, 0.05) is 28.3 Å². The van der Waals surface area contributed by atoms with Crippen LogP contribution in [-0.4, -0.2) is 17.1 Å². The second-order valence-electron chi connectivity index (χ2n) is 5.55. The summed E-state index contributed by atoms with van der Waals surface area (Å²) in [6.45, 7) is 1.86. The van der Waals surface area contributed by atoms with Gasteiger partial charge in [0.1, 0.15) is 11.5 Å². The second kappa shape index (κ2) is 7.40. The minimum Gasteiger partial charge on any atom is -0.457 e. The number of pyridine rings is 1. The van der Waals surface area contributed by atoms with Crippen LogP contribution in [0.3, 0.4) is 0 Å². The summed E-state index contributed by atoms with van der Waals surface area (Å²) < 4.78 is 5.91. The van der Waals surface area contributed by atoms with Crippen LogP contribution in [0.4, 0.5) is 0 Å². The van der Waals surface area contributed by atoms with Gasteiger partial charge < -0.3 is 10.5 Å². The number of hydrogen-bond donors (Lipinski definition) is 1. The Labute approximate surface area is 151 Å². The van der Waals surface area contributed by atoms with Gasteiger partial charge in [0.2, 0.25) is 5.91 Å². The number of nitrogens with zero attached hydrogens (tertiary/aromatic N) is 1. The molecule has 0 aliphatic rings. The van der Waals surface area contributed by atoms with Crippen molar-refractivity contribution in [2.45, 2.75) is 11.8 Å². The van der Waals surface area contributed by atoms with Crippen molar-refractivity contribution in [1.29, 1.82) is 0 Å². The first-order valence-electron chi connectivity index (χ1n) is 7.75. The van der Waals surface area contributed by atoms with E-state index >= 15 is 0 Å². The molecular formula is C20H18N2O2S. The fraction of sp³-hybridized carbons (Fsp3) is 0.100. The number of aryl methyl sites for hydroxylation is 1. The van der Waals surface area contributed by atoms with Crippen LogP contribution >= 0.6 is 11.8 Å². The molecule has 126 valence electrons. The molecule has 0 aliphatic heterocycles. The minimum absolute atomic E-state index is 0.428. The summed E-state index contributed by atoms with van der Waals surface area (Å²) in [5, 5.41) is 0. The zero-order chi connectivity index (χ0) is 17.8. The van der Waals surface area contributed by atoms with Crippen molar-refractivity contribution in [3.05, 3.63) is 71.9 Å². The normalized spacial score (nSPS) is 10.5. The molecular weight excluding hydrogens is 332 g/mol. The van der Waals surface area contributed by atoms with Crippen molar-refractivity contribution in [1.82, 2.24) is 4.98 Å². The van der Waals surface area contributed by atoms with E-state index in [4.69, 9.17) is 10.5 Å². The van der Waals surface area contributed by atoms with Crippen LogP contribution in [0.15, 0.2) is 65.7 Å². The summed E-state index contributed by atoms with van der Waals surface area (Å²) in [7, 11) is 0. The van der Waals surface area contributed by atoms with Gasteiger partial charge in [-0.25, -0.2) is 0 Å². The largest absolute Gasteiger partial charge is 0.457 e. The predicted octanol–water partition coefficient (Wildman–Crippen LogP) is 4.67. The molecule has 0 saturated carbocycles. The molecule has 2 aromatic carbocycles. The summed E-state index contributed by atoms with van der Waals surface area (Å²) in [5.41, 5.74) is 8.38. The monoisotopic (exact) mass is 350 g/mol. The lowest BCUT2D eigenvalue weighted by molar-refractivity contribution is 0.0999. The van der Waals surface area contributed by atoms with Crippen molar-refractivity contribution in [3.8, 4) is 22.8 Å². The van der Waals surface area contributed by atoms with Gasteiger partial charge in [-0.1, -0.05) is 6.07 Å². The second-order valence-corrected chi connectivity index (χ2v) is 6.43. The molecule has 4 nitrogen and oxygen atoms in total. The maximum absolute atomic E-state index is 11.4. The molecule has 3 rings (SSSR count). The van der Waals surface area contributed by atoms with Crippen LogP contribution in [0.5, 0.6) is 11.5 Å². The number of hydrogen-bond acceptors (Lipinski definition) is 4. The van der Waals surface area contributed by atoms with Gasteiger partial charge in [-0.2, -0.15) is 0 Å². The zero-order valence-corrected chi connectivity index (χ0v) is 14.8. The first-order chi connectivity index (χ1) is 12.1. The highest BCUT2D eigenvalue weighted by Gasteiger charge is 2.08. The average molecular weight is 350 g/mol. The van der Waals surface area contributed by atoms with E-state index in [1.165, 1.54) is 4.90 Å². The van der Waals surface area contributed by atoms with Crippen LogP contribution < -0.4 is 10.5 Å². The third kappa shape index (κ3) is 4.00. The highest BCUT2D eigenvalue weighted by atomic mass is 32.2. The van der Waals surface area contributed by atoms with Gasteiger partial charge >= 0.3 is 0 Å². The number of nitrogens with two attached hydrogens (primary N) is 1. The number of carbonyl (C=O) groups excluding carboxylic acids is 1. The molecule has 1 heterocycles. The number of rotatable bonds is 5. The van der Waals surface area contributed by atoms with Gasteiger partial charge in [-0.05, 0) is 61.2 Å². The van der Waals surface area contributed by atoms with E-state index in [0.29, 0.717) is 11.3 Å². The summed E-state index contributed by atoms with van der Waals surface area (Å²) in [4.78, 5) is 16.9. The molecule has 0 unspecified atom stereocenters. The highest BCUT2D eigenvalue weighted by Crippen LogP contribution is 2.28. The fourth-order valence-electron chi connectivity index (χ4n) is 2.51. The maximum Gasteiger partial charge on any atom is 0.248 e. The topological polar surface area (TPSA) is 65.2 Å². The minimum atomic E-state index is -0.428. The van der Waals surface area contributed by atoms with Crippen molar-refractivity contribution < 1.29 is 9.53 Å². The lowest BCUT2D eigenvalue weighted by atomic mass is 10.0. The van der Waals surface area contributed by atoms with Crippen molar-refractivity contribution in [2.75, 3.05) is 6.26 Å². The molecule has 0 bridgehead atoms. The first kappa shape index (κ1) is 17.0. The molecule has 0 atom stereocenters. The van der Waals surface area contributed by atoms with E-state index < -0.39 is 5.91 Å². The third-order valence-corrected chi connectivity index (χ3v) is 4.56. The quantitative estimate of drug-likeness (QED) is 0.679. The molecule has 1 amide bonds. The lowest BCUT2D eigenvalue weighted by Gasteiger charge is -2.09. The van der Waals surface area contributed by atoms with Gasteiger partial charge in [0.25, 0.3) is 0 Å². The molecule has 0 fully saturated rings. The van der Waals surface area contributed by atoms with Crippen molar-refractivity contribution in [2.24, 2.45) is 5.73 Å². The van der Waals surface area contributed by atoms with Gasteiger partial charge in [-0.15, -0.1) is 11.8 Å². The Kier molecular flexibility index (Phi) is 5.05. The summed E-state index contributed by atoms with van der Waals surface area (Å²) in [5.74, 6) is 1.05.